The van der Waals surface area contributed by atoms with E-state index in [2.05, 4.69) is 11.4 Å². The van der Waals surface area contributed by atoms with Crippen molar-refractivity contribution in [2.45, 2.75) is 39.3 Å². The van der Waals surface area contributed by atoms with Crippen LogP contribution in [0.4, 0.5) is 5.69 Å². The summed E-state index contributed by atoms with van der Waals surface area (Å²) in [4.78, 5) is 38.1. The molecule has 0 aromatic heterocycles. The summed E-state index contributed by atoms with van der Waals surface area (Å²) >= 11 is 0. The number of nitrogens with one attached hydrogen (secondary N) is 1. The average molecular weight is 376 g/mol. The maximum absolute atomic E-state index is 13.0. The minimum absolute atomic E-state index is 0.0482. The number of rotatable bonds is 5. The summed E-state index contributed by atoms with van der Waals surface area (Å²) in [5.41, 5.74) is 3.91. The zero-order chi connectivity index (χ0) is 20.1. The van der Waals surface area contributed by atoms with Crippen LogP contribution in [0, 0.1) is 0 Å². The maximum atomic E-state index is 13.0. The molecule has 0 fully saturated rings. The Bertz CT molecular complexity index is 933. The van der Waals surface area contributed by atoms with E-state index >= 15 is 0 Å². The van der Waals surface area contributed by atoms with E-state index in [-0.39, 0.29) is 30.4 Å². The van der Waals surface area contributed by atoms with Crippen molar-refractivity contribution in [2.24, 2.45) is 0 Å². The summed E-state index contributed by atoms with van der Waals surface area (Å²) in [7, 11) is 0. The lowest BCUT2D eigenvalue weighted by Crippen LogP contribution is -2.38. The highest BCUT2D eigenvalue weighted by Gasteiger charge is 2.22. The summed E-state index contributed by atoms with van der Waals surface area (Å²) in [6, 6.07) is 15.2. The number of anilines is 1. The number of fused-ring (bicyclic) bond motifs is 2. The molecule has 5 heteroatoms. The zero-order valence-corrected chi connectivity index (χ0v) is 16.1. The van der Waals surface area contributed by atoms with Crippen LogP contribution in [0.25, 0.3) is 12.2 Å². The average Bonchev–Trinajstić information content (AvgIpc) is 2.67. The van der Waals surface area contributed by atoms with Crippen LogP contribution >= 0.6 is 0 Å². The lowest BCUT2D eigenvalue weighted by molar-refractivity contribution is -0.128. The molecule has 2 aromatic carbocycles. The van der Waals surface area contributed by atoms with E-state index < -0.39 is 6.04 Å². The van der Waals surface area contributed by atoms with Gasteiger partial charge in [0.2, 0.25) is 11.8 Å². The van der Waals surface area contributed by atoms with Gasteiger partial charge in [0.25, 0.3) is 0 Å². The van der Waals surface area contributed by atoms with Gasteiger partial charge < -0.3 is 10.2 Å². The molecule has 0 aliphatic carbocycles. The number of carbonyl (C=O) groups is 3. The number of amides is 2. The number of hydrogen-bond donors (Lipinski definition) is 1. The van der Waals surface area contributed by atoms with Gasteiger partial charge in [-0.3, -0.25) is 14.4 Å². The van der Waals surface area contributed by atoms with Crippen molar-refractivity contribution < 1.29 is 14.4 Å². The molecule has 2 amide bonds. The van der Waals surface area contributed by atoms with E-state index in [1.165, 1.54) is 6.92 Å². The largest absolute Gasteiger partial charge is 0.347 e. The van der Waals surface area contributed by atoms with Crippen molar-refractivity contribution in [3.8, 4) is 0 Å². The minimum Gasteiger partial charge on any atom is -0.347 e. The van der Waals surface area contributed by atoms with Gasteiger partial charge in [0.05, 0.1) is 18.3 Å². The van der Waals surface area contributed by atoms with E-state index in [9.17, 15) is 14.4 Å². The number of nitrogens with zero attached hydrogens (tertiary/aromatic N) is 1. The van der Waals surface area contributed by atoms with Crippen molar-refractivity contribution in [2.75, 3.05) is 4.90 Å². The fourth-order valence-electron chi connectivity index (χ4n) is 3.14. The predicted octanol–water partition coefficient (Wildman–Crippen LogP) is 3.58. The second-order valence-corrected chi connectivity index (χ2v) is 6.97. The van der Waals surface area contributed by atoms with Crippen molar-refractivity contribution in [3.05, 3.63) is 65.2 Å². The van der Waals surface area contributed by atoms with Gasteiger partial charge in [-0.1, -0.05) is 54.6 Å². The summed E-state index contributed by atoms with van der Waals surface area (Å²) in [5.74, 6) is -0.527. The highest BCUT2D eigenvalue weighted by molar-refractivity contribution is 5.98. The Balaban J connectivity index is 1.80. The topological polar surface area (TPSA) is 66.5 Å². The Morgan fingerprint density at radius 3 is 2.36 bits per heavy atom. The first kappa shape index (κ1) is 19.5. The molecule has 5 nitrogen and oxygen atoms in total. The van der Waals surface area contributed by atoms with Gasteiger partial charge >= 0.3 is 0 Å². The van der Waals surface area contributed by atoms with Crippen LogP contribution in [0.5, 0.6) is 0 Å². The molecule has 1 heterocycles. The van der Waals surface area contributed by atoms with Crippen LogP contribution < -0.4 is 10.2 Å². The fraction of sp³-hybridized carbons (Fsp3) is 0.261. The fourth-order valence-corrected chi connectivity index (χ4v) is 3.14. The lowest BCUT2D eigenvalue weighted by Gasteiger charge is -2.27. The van der Waals surface area contributed by atoms with Crippen LogP contribution in [-0.4, -0.2) is 23.6 Å². The van der Waals surface area contributed by atoms with Gasteiger partial charge in [0.15, 0.2) is 5.78 Å². The second kappa shape index (κ2) is 8.65. The summed E-state index contributed by atoms with van der Waals surface area (Å²) in [6.07, 6.45) is 4.20. The third-order valence-corrected chi connectivity index (χ3v) is 4.91. The number of para-hydroxylation sites is 1. The Morgan fingerprint density at radius 1 is 0.964 bits per heavy atom. The van der Waals surface area contributed by atoms with E-state index in [0.717, 1.165) is 22.4 Å². The summed E-state index contributed by atoms with van der Waals surface area (Å²) in [6.45, 7) is 3.51. The van der Waals surface area contributed by atoms with Gasteiger partial charge in [-0.2, -0.15) is 0 Å². The maximum Gasteiger partial charge on any atom is 0.227 e. The van der Waals surface area contributed by atoms with Crippen molar-refractivity contribution in [1.29, 1.82) is 0 Å². The molecule has 0 saturated carbocycles. The van der Waals surface area contributed by atoms with Gasteiger partial charge in [0, 0.05) is 12.8 Å². The molecule has 1 aliphatic rings. The standard InChI is InChI=1S/C23H24N2O3/c1-16(17(2)26)24-22(27)13-14-23(28)25-15-20-9-4-3-7-18(20)11-12-19-8-5-6-10-21(19)25/h3-12,16H,13-15H2,1-2H3,(H,24,27)/t16-/m0/s1. The van der Waals surface area contributed by atoms with Crippen LogP contribution in [-0.2, 0) is 20.9 Å². The van der Waals surface area contributed by atoms with Gasteiger partial charge in [-0.05, 0) is 36.6 Å². The number of benzene rings is 2. The van der Waals surface area contributed by atoms with Crippen LogP contribution in [0.15, 0.2) is 48.5 Å². The van der Waals surface area contributed by atoms with Crippen LogP contribution in [0.1, 0.15) is 43.4 Å². The van der Waals surface area contributed by atoms with E-state index in [1.54, 1.807) is 11.8 Å². The number of carbonyl (C=O) groups excluding carboxylic acids is 3. The first-order chi connectivity index (χ1) is 13.5. The third-order valence-electron chi connectivity index (χ3n) is 4.91. The first-order valence-electron chi connectivity index (χ1n) is 9.41. The molecule has 0 saturated heterocycles. The SMILES string of the molecule is CC(=O)[C@H](C)NC(=O)CCC(=O)N1Cc2ccccc2C=Cc2ccccc21. The van der Waals surface area contributed by atoms with E-state index in [0.29, 0.717) is 6.54 Å². The van der Waals surface area contributed by atoms with Crippen LogP contribution in [0.2, 0.25) is 0 Å². The Hall–Kier alpha value is -3.21. The molecule has 28 heavy (non-hydrogen) atoms. The third kappa shape index (κ3) is 4.55. The van der Waals surface area contributed by atoms with E-state index in [1.807, 2.05) is 54.6 Å². The van der Waals surface area contributed by atoms with E-state index in [4.69, 9.17) is 0 Å². The second-order valence-electron chi connectivity index (χ2n) is 6.97. The molecule has 144 valence electrons. The van der Waals surface area contributed by atoms with Gasteiger partial charge in [0.1, 0.15) is 0 Å². The smallest absolute Gasteiger partial charge is 0.227 e. The zero-order valence-electron chi connectivity index (χ0n) is 16.1. The monoisotopic (exact) mass is 376 g/mol. The van der Waals surface area contributed by atoms with Crippen molar-refractivity contribution in [3.63, 3.8) is 0 Å². The Kier molecular flexibility index (Phi) is 6.04. The number of hydrogen-bond acceptors (Lipinski definition) is 3. The number of Topliss-reactive ketones (excluding diaryl/α,β-unsaturated/α-hetero) is 1. The molecular formula is C23H24N2O3. The molecule has 0 radical (unpaired) electrons. The molecule has 0 unspecified atom stereocenters. The lowest BCUT2D eigenvalue weighted by atomic mass is 10.0. The molecule has 3 rings (SSSR count). The highest BCUT2D eigenvalue weighted by Crippen LogP contribution is 2.29. The first-order valence-corrected chi connectivity index (χ1v) is 9.41. The highest BCUT2D eigenvalue weighted by atomic mass is 16.2. The van der Waals surface area contributed by atoms with Crippen molar-refractivity contribution in [1.82, 2.24) is 5.32 Å². The molecule has 1 N–H and O–H groups in total. The molecule has 1 aliphatic heterocycles. The minimum atomic E-state index is -0.540. The molecule has 0 spiro atoms. The summed E-state index contributed by atoms with van der Waals surface area (Å²) < 4.78 is 0. The molecule has 2 aromatic rings. The summed E-state index contributed by atoms with van der Waals surface area (Å²) in [5, 5.41) is 2.62. The van der Waals surface area contributed by atoms with Crippen LogP contribution in [0.3, 0.4) is 0 Å². The van der Waals surface area contributed by atoms with Gasteiger partial charge in [-0.25, -0.2) is 0 Å². The molecule has 0 bridgehead atoms. The molecule has 1 atom stereocenters. The normalized spacial score (nSPS) is 13.6. The van der Waals surface area contributed by atoms with Crippen molar-refractivity contribution >= 4 is 35.4 Å². The quantitative estimate of drug-likeness (QED) is 0.867. The Morgan fingerprint density at radius 2 is 1.61 bits per heavy atom. The number of ketones is 1. The predicted molar refractivity (Wildman–Crippen MR) is 111 cm³/mol. The molecular weight excluding hydrogens is 352 g/mol. The van der Waals surface area contributed by atoms with Gasteiger partial charge in [-0.15, -0.1) is 0 Å². The Labute approximate surface area is 165 Å².